The third kappa shape index (κ3) is 12.1. The first-order valence-electron chi connectivity index (χ1n) is 9.24. The van der Waals surface area contributed by atoms with Crippen molar-refractivity contribution in [2.45, 2.75) is 46.6 Å². The number of carboxylic acids is 1. The van der Waals surface area contributed by atoms with Crippen molar-refractivity contribution in [2.24, 2.45) is 28.3 Å². The SMILES string of the molecule is CC(C)C(N)=O.COc1cccc(CC(=O)NC(N)=N[C@H](CC(C)C)C(=O)O)c1. The van der Waals surface area contributed by atoms with E-state index >= 15 is 0 Å². The monoisotopic (exact) mass is 408 g/mol. The summed E-state index contributed by atoms with van der Waals surface area (Å²) in [7, 11) is 1.55. The fourth-order valence-corrected chi connectivity index (χ4v) is 2.01. The van der Waals surface area contributed by atoms with E-state index in [0.717, 1.165) is 5.56 Å². The van der Waals surface area contributed by atoms with Crippen LogP contribution in [0.25, 0.3) is 0 Å². The van der Waals surface area contributed by atoms with Gasteiger partial charge in [0.15, 0.2) is 12.0 Å². The number of nitrogens with zero attached hydrogens (tertiary/aromatic N) is 1. The van der Waals surface area contributed by atoms with E-state index in [-0.39, 0.29) is 36.0 Å². The topological polar surface area (TPSA) is 157 Å². The Morgan fingerprint density at radius 1 is 1.17 bits per heavy atom. The molecule has 0 saturated heterocycles. The van der Waals surface area contributed by atoms with Gasteiger partial charge >= 0.3 is 5.97 Å². The number of ether oxygens (including phenoxy) is 1. The van der Waals surface area contributed by atoms with E-state index in [0.29, 0.717) is 12.2 Å². The maximum atomic E-state index is 11.9. The number of methoxy groups -OCH3 is 1. The molecule has 0 radical (unpaired) electrons. The second-order valence-electron chi connectivity index (χ2n) is 7.13. The van der Waals surface area contributed by atoms with Crippen LogP contribution in [0.15, 0.2) is 29.3 Å². The molecule has 1 rings (SSSR count). The normalized spacial score (nSPS) is 12.0. The molecule has 0 aliphatic heterocycles. The van der Waals surface area contributed by atoms with Crippen molar-refractivity contribution in [3.8, 4) is 5.75 Å². The van der Waals surface area contributed by atoms with Crippen LogP contribution in [-0.2, 0) is 20.8 Å². The summed E-state index contributed by atoms with van der Waals surface area (Å²) >= 11 is 0. The maximum Gasteiger partial charge on any atom is 0.328 e. The maximum absolute atomic E-state index is 11.9. The van der Waals surface area contributed by atoms with Crippen molar-refractivity contribution in [3.63, 3.8) is 0 Å². The number of aliphatic carboxylic acids is 1. The number of amides is 2. The standard InChI is InChI=1S/C16H23N3O4.C4H9NO/c1-10(2)7-13(15(21)22)18-16(17)19-14(20)9-11-5-4-6-12(8-11)23-3;1-3(2)4(5)6/h4-6,8,10,13H,7,9H2,1-3H3,(H,21,22)(H3,17,18,19,20);3H,1-2H3,(H2,5,6)/t13-;/m1./s1. The molecule has 0 heterocycles. The summed E-state index contributed by atoms with van der Waals surface area (Å²) in [6, 6.07) is 6.12. The van der Waals surface area contributed by atoms with E-state index in [1.807, 2.05) is 13.8 Å². The summed E-state index contributed by atoms with van der Waals surface area (Å²) in [4.78, 5) is 36.9. The molecular weight excluding hydrogens is 376 g/mol. The predicted octanol–water partition coefficient (Wildman–Crippen LogP) is 1.30. The summed E-state index contributed by atoms with van der Waals surface area (Å²) in [6.07, 6.45) is 0.442. The number of rotatable bonds is 8. The summed E-state index contributed by atoms with van der Waals surface area (Å²) in [6.45, 7) is 7.32. The second kappa shape index (κ2) is 13.1. The van der Waals surface area contributed by atoms with Gasteiger partial charge in [0.1, 0.15) is 5.75 Å². The molecule has 0 unspecified atom stereocenters. The lowest BCUT2D eigenvalue weighted by Crippen LogP contribution is -2.39. The molecule has 0 aliphatic rings. The zero-order chi connectivity index (χ0) is 22.6. The molecule has 0 aromatic heterocycles. The van der Waals surface area contributed by atoms with Gasteiger partial charge in [0, 0.05) is 5.92 Å². The third-order valence-electron chi connectivity index (χ3n) is 3.61. The van der Waals surface area contributed by atoms with Crippen LogP contribution in [0.5, 0.6) is 5.75 Å². The zero-order valence-corrected chi connectivity index (χ0v) is 17.6. The average Bonchev–Trinajstić information content (AvgIpc) is 2.61. The lowest BCUT2D eigenvalue weighted by atomic mass is 10.0. The number of nitrogens with one attached hydrogen (secondary N) is 1. The van der Waals surface area contributed by atoms with Gasteiger partial charge < -0.3 is 21.3 Å². The number of primary amides is 1. The Morgan fingerprint density at radius 3 is 2.21 bits per heavy atom. The largest absolute Gasteiger partial charge is 0.497 e. The minimum absolute atomic E-state index is 0.00926. The van der Waals surface area contributed by atoms with Gasteiger partial charge in [-0.2, -0.15) is 0 Å². The molecule has 2 amide bonds. The first-order chi connectivity index (χ1) is 13.5. The van der Waals surface area contributed by atoms with Gasteiger partial charge in [-0.25, -0.2) is 9.79 Å². The van der Waals surface area contributed by atoms with E-state index in [4.69, 9.17) is 21.3 Å². The van der Waals surface area contributed by atoms with Crippen LogP contribution in [0.4, 0.5) is 0 Å². The molecule has 1 aromatic rings. The van der Waals surface area contributed by atoms with Gasteiger partial charge in [-0.3, -0.25) is 14.9 Å². The summed E-state index contributed by atoms with van der Waals surface area (Å²) in [5.74, 6) is -1.07. The number of carboxylic acid groups (broad SMARTS) is 1. The Balaban J connectivity index is 0.00000113. The Labute approximate surface area is 171 Å². The van der Waals surface area contributed by atoms with Crippen molar-refractivity contribution in [3.05, 3.63) is 29.8 Å². The number of guanidine groups is 1. The van der Waals surface area contributed by atoms with Crippen LogP contribution in [-0.4, -0.2) is 42.0 Å². The molecule has 1 atom stereocenters. The lowest BCUT2D eigenvalue weighted by Gasteiger charge is -2.12. The highest BCUT2D eigenvalue weighted by Crippen LogP contribution is 2.13. The molecule has 0 bridgehead atoms. The summed E-state index contributed by atoms with van der Waals surface area (Å²) in [5, 5.41) is 11.5. The van der Waals surface area contributed by atoms with Crippen molar-refractivity contribution < 1.29 is 24.2 Å². The smallest absolute Gasteiger partial charge is 0.328 e. The molecule has 0 spiro atoms. The molecular formula is C20H32N4O5. The number of hydrogen-bond donors (Lipinski definition) is 4. The molecule has 1 aromatic carbocycles. The molecule has 162 valence electrons. The second-order valence-corrected chi connectivity index (χ2v) is 7.13. The zero-order valence-electron chi connectivity index (χ0n) is 17.6. The van der Waals surface area contributed by atoms with E-state index in [2.05, 4.69) is 10.3 Å². The van der Waals surface area contributed by atoms with Crippen LogP contribution in [0.1, 0.15) is 39.7 Å². The molecule has 9 heteroatoms. The van der Waals surface area contributed by atoms with Gasteiger partial charge in [0.25, 0.3) is 0 Å². The van der Waals surface area contributed by atoms with Crippen molar-refractivity contribution in [1.29, 1.82) is 0 Å². The number of carbonyl (C=O) groups excluding carboxylic acids is 2. The van der Waals surface area contributed by atoms with Crippen LogP contribution in [0, 0.1) is 11.8 Å². The number of aliphatic imine (C=N–C) groups is 1. The minimum Gasteiger partial charge on any atom is -0.497 e. The highest BCUT2D eigenvalue weighted by molar-refractivity contribution is 5.97. The first kappa shape index (κ1) is 25.9. The van der Waals surface area contributed by atoms with Crippen LogP contribution < -0.4 is 21.5 Å². The third-order valence-corrected chi connectivity index (χ3v) is 3.61. The van der Waals surface area contributed by atoms with E-state index in [1.54, 1.807) is 45.2 Å². The highest BCUT2D eigenvalue weighted by Gasteiger charge is 2.18. The number of carbonyl (C=O) groups is 3. The Kier molecular flexibility index (Phi) is 11.7. The molecule has 0 fully saturated rings. The number of hydrogen-bond acceptors (Lipinski definition) is 5. The molecule has 9 nitrogen and oxygen atoms in total. The Hall–Kier alpha value is -3.10. The Morgan fingerprint density at radius 2 is 1.76 bits per heavy atom. The van der Waals surface area contributed by atoms with Crippen LogP contribution in [0.3, 0.4) is 0 Å². The van der Waals surface area contributed by atoms with Gasteiger partial charge in [0.05, 0.1) is 13.5 Å². The highest BCUT2D eigenvalue weighted by atomic mass is 16.5. The fourth-order valence-electron chi connectivity index (χ4n) is 2.01. The number of benzene rings is 1. The van der Waals surface area contributed by atoms with Gasteiger partial charge in [-0.1, -0.05) is 39.8 Å². The molecule has 6 N–H and O–H groups in total. The van der Waals surface area contributed by atoms with Gasteiger partial charge in [0.2, 0.25) is 11.8 Å². The van der Waals surface area contributed by atoms with Crippen molar-refractivity contribution in [1.82, 2.24) is 5.32 Å². The minimum atomic E-state index is -1.07. The molecule has 0 saturated carbocycles. The fraction of sp³-hybridized carbons (Fsp3) is 0.500. The van der Waals surface area contributed by atoms with Gasteiger partial charge in [-0.15, -0.1) is 0 Å². The molecule has 0 aliphatic carbocycles. The van der Waals surface area contributed by atoms with Crippen LogP contribution >= 0.6 is 0 Å². The molecule has 29 heavy (non-hydrogen) atoms. The predicted molar refractivity (Wildman–Crippen MR) is 111 cm³/mol. The first-order valence-corrected chi connectivity index (χ1v) is 9.24. The lowest BCUT2D eigenvalue weighted by molar-refractivity contribution is -0.138. The van der Waals surface area contributed by atoms with Crippen molar-refractivity contribution >= 4 is 23.7 Å². The van der Waals surface area contributed by atoms with Crippen molar-refractivity contribution in [2.75, 3.05) is 7.11 Å². The van der Waals surface area contributed by atoms with E-state index in [9.17, 15) is 14.4 Å². The average molecular weight is 408 g/mol. The van der Waals surface area contributed by atoms with E-state index in [1.165, 1.54) is 0 Å². The Bertz CT molecular complexity index is 717. The quantitative estimate of drug-likeness (QED) is 0.375. The van der Waals surface area contributed by atoms with E-state index < -0.39 is 12.0 Å². The van der Waals surface area contributed by atoms with Gasteiger partial charge in [-0.05, 0) is 30.0 Å². The number of nitrogens with two attached hydrogens (primary N) is 2. The van der Waals surface area contributed by atoms with Crippen LogP contribution in [0.2, 0.25) is 0 Å². The summed E-state index contributed by atoms with van der Waals surface area (Å²) in [5.41, 5.74) is 11.2. The summed E-state index contributed by atoms with van der Waals surface area (Å²) < 4.78 is 5.09.